The molecule has 1 N–H and O–H groups in total. The van der Waals surface area contributed by atoms with Crippen LogP contribution in [0.15, 0.2) is 59.1 Å². The average molecular weight is 425 g/mol. The summed E-state index contributed by atoms with van der Waals surface area (Å²) in [5.74, 6) is 1.19. The van der Waals surface area contributed by atoms with E-state index >= 15 is 0 Å². The van der Waals surface area contributed by atoms with E-state index in [1.807, 2.05) is 42.5 Å². The number of hydrogen-bond donors (Lipinski definition) is 1. The summed E-state index contributed by atoms with van der Waals surface area (Å²) in [6, 6.07) is 17.6. The smallest absolute Gasteiger partial charge is 0.241 e. The molecule has 1 aromatic heterocycles. The number of nitrogens with zero attached hydrogens (tertiary/aromatic N) is 3. The maximum Gasteiger partial charge on any atom is 0.241 e. The highest BCUT2D eigenvalue weighted by Gasteiger charge is 2.26. The van der Waals surface area contributed by atoms with Crippen LogP contribution in [0.5, 0.6) is 0 Å². The summed E-state index contributed by atoms with van der Waals surface area (Å²) in [4.78, 5) is 19.3. The fourth-order valence-corrected chi connectivity index (χ4v) is 3.98. The van der Waals surface area contributed by atoms with Gasteiger partial charge in [-0.25, -0.2) is 0 Å². The van der Waals surface area contributed by atoms with Crippen LogP contribution in [-0.2, 0) is 17.8 Å². The second-order valence-corrected chi connectivity index (χ2v) is 8.06. The van der Waals surface area contributed by atoms with Crippen LogP contribution in [-0.4, -0.2) is 40.6 Å². The number of carbonyl (C=O) groups excluding carboxylic acids is 1. The molecule has 1 aliphatic heterocycles. The quantitative estimate of drug-likeness (QED) is 0.621. The van der Waals surface area contributed by atoms with Crippen LogP contribution in [0, 0.1) is 5.92 Å². The molecule has 156 valence electrons. The molecule has 1 aliphatic rings. The Morgan fingerprint density at radius 2 is 2.07 bits per heavy atom. The minimum absolute atomic E-state index is 0.00940. The van der Waals surface area contributed by atoms with Crippen molar-refractivity contribution in [3.05, 3.63) is 71.1 Å². The van der Waals surface area contributed by atoms with Crippen molar-refractivity contribution in [1.82, 2.24) is 20.4 Å². The molecule has 1 saturated heterocycles. The molecule has 1 atom stereocenters. The average Bonchev–Trinajstić information content (AvgIpc) is 3.23. The molecule has 30 heavy (non-hydrogen) atoms. The number of likely N-dealkylation sites (tertiary alicyclic amines) is 1. The van der Waals surface area contributed by atoms with Gasteiger partial charge in [0.05, 0.1) is 12.5 Å². The predicted molar refractivity (Wildman–Crippen MR) is 116 cm³/mol. The van der Waals surface area contributed by atoms with Gasteiger partial charge in [-0.05, 0) is 43.5 Å². The first-order valence-corrected chi connectivity index (χ1v) is 10.7. The van der Waals surface area contributed by atoms with Crippen molar-refractivity contribution in [2.75, 3.05) is 19.6 Å². The van der Waals surface area contributed by atoms with Crippen LogP contribution in [0.1, 0.15) is 24.3 Å². The van der Waals surface area contributed by atoms with Crippen molar-refractivity contribution in [2.24, 2.45) is 5.92 Å². The van der Waals surface area contributed by atoms with Crippen LogP contribution in [0.4, 0.5) is 0 Å². The second-order valence-electron chi connectivity index (χ2n) is 7.62. The molecular formula is C23H25ClN4O2. The van der Waals surface area contributed by atoms with E-state index in [0.29, 0.717) is 36.4 Å². The molecular weight excluding hydrogens is 400 g/mol. The summed E-state index contributed by atoms with van der Waals surface area (Å²) in [6.07, 6.45) is 2.73. The third-order valence-corrected chi connectivity index (χ3v) is 5.58. The Labute approximate surface area is 181 Å². The van der Waals surface area contributed by atoms with Crippen molar-refractivity contribution >= 4 is 17.5 Å². The molecule has 1 unspecified atom stereocenters. The third-order valence-electron chi connectivity index (χ3n) is 5.34. The van der Waals surface area contributed by atoms with E-state index in [9.17, 15) is 4.79 Å². The SMILES string of the molecule is O=C(NCCc1ccccc1)C1CCCN(Cc2nc(-c3cccc(Cl)c3)no2)C1. The Balaban J connectivity index is 1.28. The predicted octanol–water partition coefficient (Wildman–Crippen LogP) is 3.96. The molecule has 2 aromatic carbocycles. The van der Waals surface area contributed by atoms with Crippen LogP contribution < -0.4 is 5.32 Å². The molecule has 1 amide bonds. The number of halogens is 1. The van der Waals surface area contributed by atoms with Gasteiger partial charge in [0.25, 0.3) is 0 Å². The minimum atomic E-state index is -0.00940. The Bertz CT molecular complexity index is 976. The molecule has 0 aliphatic carbocycles. The van der Waals surface area contributed by atoms with E-state index in [2.05, 4.69) is 32.5 Å². The second kappa shape index (κ2) is 9.87. The van der Waals surface area contributed by atoms with E-state index in [1.165, 1.54) is 5.56 Å². The third kappa shape index (κ3) is 5.46. The lowest BCUT2D eigenvalue weighted by atomic mass is 9.97. The summed E-state index contributed by atoms with van der Waals surface area (Å²) >= 11 is 6.04. The fourth-order valence-electron chi connectivity index (χ4n) is 3.79. The number of rotatable bonds is 7. The van der Waals surface area contributed by atoms with Gasteiger partial charge in [0, 0.05) is 23.7 Å². The van der Waals surface area contributed by atoms with Gasteiger partial charge in [0.2, 0.25) is 17.6 Å². The standard InChI is InChI=1S/C23H25ClN4O2/c24-20-10-4-8-18(14-20)22-26-21(30-27-22)16-28-13-5-9-19(15-28)23(29)25-12-11-17-6-2-1-3-7-17/h1-4,6-8,10,14,19H,5,9,11-13,15-16H2,(H,25,29). The number of amides is 1. The zero-order valence-corrected chi connectivity index (χ0v) is 17.5. The zero-order chi connectivity index (χ0) is 20.8. The molecule has 6 nitrogen and oxygen atoms in total. The molecule has 2 heterocycles. The number of nitrogens with one attached hydrogen (secondary N) is 1. The van der Waals surface area contributed by atoms with Crippen molar-refractivity contribution in [1.29, 1.82) is 0 Å². The molecule has 0 radical (unpaired) electrons. The van der Waals surface area contributed by atoms with Crippen molar-refractivity contribution in [3.8, 4) is 11.4 Å². The number of piperidine rings is 1. The highest BCUT2D eigenvalue weighted by Crippen LogP contribution is 2.22. The van der Waals surface area contributed by atoms with Crippen molar-refractivity contribution < 1.29 is 9.32 Å². The highest BCUT2D eigenvalue weighted by molar-refractivity contribution is 6.30. The van der Waals surface area contributed by atoms with Gasteiger partial charge in [-0.3, -0.25) is 9.69 Å². The highest BCUT2D eigenvalue weighted by atomic mass is 35.5. The van der Waals surface area contributed by atoms with E-state index in [4.69, 9.17) is 16.1 Å². The monoisotopic (exact) mass is 424 g/mol. The summed E-state index contributed by atoms with van der Waals surface area (Å²) in [5, 5.41) is 7.79. The maximum atomic E-state index is 12.6. The van der Waals surface area contributed by atoms with E-state index in [-0.39, 0.29) is 11.8 Å². The molecule has 3 aromatic rings. The molecule has 7 heteroatoms. The Hall–Kier alpha value is -2.70. The normalized spacial score (nSPS) is 17.0. The number of hydrogen-bond acceptors (Lipinski definition) is 5. The first kappa shape index (κ1) is 20.6. The van der Waals surface area contributed by atoms with Crippen LogP contribution in [0.25, 0.3) is 11.4 Å². The van der Waals surface area contributed by atoms with E-state index in [0.717, 1.165) is 31.4 Å². The van der Waals surface area contributed by atoms with Gasteiger partial charge in [-0.15, -0.1) is 0 Å². The van der Waals surface area contributed by atoms with Gasteiger partial charge in [-0.1, -0.05) is 59.2 Å². The van der Waals surface area contributed by atoms with Gasteiger partial charge < -0.3 is 9.84 Å². The first-order valence-electron chi connectivity index (χ1n) is 10.3. The molecule has 1 fully saturated rings. The van der Waals surface area contributed by atoms with E-state index in [1.54, 1.807) is 0 Å². The summed E-state index contributed by atoms with van der Waals surface area (Å²) in [7, 11) is 0. The fraction of sp³-hybridized carbons (Fsp3) is 0.348. The molecule has 0 saturated carbocycles. The number of aromatic nitrogens is 2. The Morgan fingerprint density at radius 3 is 2.90 bits per heavy atom. The van der Waals surface area contributed by atoms with Gasteiger partial charge in [-0.2, -0.15) is 4.98 Å². The molecule has 0 bridgehead atoms. The Kier molecular flexibility index (Phi) is 6.77. The lowest BCUT2D eigenvalue weighted by Gasteiger charge is -2.30. The lowest BCUT2D eigenvalue weighted by Crippen LogP contribution is -2.43. The van der Waals surface area contributed by atoms with Gasteiger partial charge in [0.1, 0.15) is 0 Å². The van der Waals surface area contributed by atoms with Crippen LogP contribution in [0.3, 0.4) is 0 Å². The topological polar surface area (TPSA) is 71.3 Å². The summed E-state index contributed by atoms with van der Waals surface area (Å²) < 4.78 is 5.42. The number of carbonyl (C=O) groups is 1. The first-order chi connectivity index (χ1) is 14.7. The zero-order valence-electron chi connectivity index (χ0n) is 16.8. The minimum Gasteiger partial charge on any atom is -0.355 e. The van der Waals surface area contributed by atoms with Crippen molar-refractivity contribution in [2.45, 2.75) is 25.8 Å². The van der Waals surface area contributed by atoms with Gasteiger partial charge >= 0.3 is 0 Å². The summed E-state index contributed by atoms with van der Waals surface area (Å²) in [6.45, 7) is 2.82. The van der Waals surface area contributed by atoms with Crippen LogP contribution in [0.2, 0.25) is 5.02 Å². The molecule has 0 spiro atoms. The maximum absolute atomic E-state index is 12.6. The lowest BCUT2D eigenvalue weighted by molar-refractivity contribution is -0.126. The van der Waals surface area contributed by atoms with E-state index < -0.39 is 0 Å². The summed E-state index contributed by atoms with van der Waals surface area (Å²) in [5.41, 5.74) is 2.06. The molecule has 4 rings (SSSR count). The van der Waals surface area contributed by atoms with Crippen molar-refractivity contribution in [3.63, 3.8) is 0 Å². The number of benzene rings is 2. The largest absolute Gasteiger partial charge is 0.355 e. The van der Waals surface area contributed by atoms with Crippen LogP contribution >= 0.6 is 11.6 Å². The van der Waals surface area contributed by atoms with Gasteiger partial charge in [0.15, 0.2) is 0 Å². The Morgan fingerprint density at radius 1 is 1.20 bits per heavy atom.